The maximum atomic E-state index is 10.9. The second kappa shape index (κ2) is 4.97. The molecule has 0 amide bonds. The van der Waals surface area contributed by atoms with Crippen LogP contribution in [-0.4, -0.2) is 22.9 Å². The molecule has 6 rings (SSSR count). The summed E-state index contributed by atoms with van der Waals surface area (Å²) < 4.78 is 12.1. The summed E-state index contributed by atoms with van der Waals surface area (Å²) in [5.41, 5.74) is 1.70. The molecule has 0 bridgehead atoms. The van der Waals surface area contributed by atoms with Crippen LogP contribution < -0.4 is 0 Å². The summed E-state index contributed by atoms with van der Waals surface area (Å²) >= 11 is 0. The Hall–Kier alpha value is -0.800. The van der Waals surface area contributed by atoms with Crippen molar-refractivity contribution in [3.05, 3.63) is 24.2 Å². The van der Waals surface area contributed by atoms with Gasteiger partial charge in [0.15, 0.2) is 0 Å². The standard InChI is InChI=1S/C23H32O3/c1-21-8-4-3-5-15(21)11-16(14-7-10-25-13-14)20-17(21)6-9-22(2)18(24)12-19-23(20,22)26-19/h7,10,13,15-20,24H,3-6,8-9,11-12H2,1-2H3/t15-,16+,17-,18+,19+,20+,21-,22+,23-/m0/s1. The van der Waals surface area contributed by atoms with E-state index in [1.807, 2.05) is 12.5 Å². The molecule has 0 unspecified atom stereocenters. The molecule has 5 fully saturated rings. The number of rotatable bonds is 1. The van der Waals surface area contributed by atoms with E-state index in [-0.39, 0.29) is 23.2 Å². The number of furan rings is 1. The molecule has 4 aliphatic carbocycles. The molecule has 3 nitrogen and oxygen atoms in total. The van der Waals surface area contributed by atoms with Crippen molar-refractivity contribution >= 4 is 0 Å². The smallest absolute Gasteiger partial charge is 0.106 e. The molecule has 9 atom stereocenters. The number of epoxide rings is 1. The van der Waals surface area contributed by atoms with Crippen LogP contribution in [0.15, 0.2) is 23.0 Å². The Morgan fingerprint density at radius 3 is 2.81 bits per heavy atom. The van der Waals surface area contributed by atoms with Crippen molar-refractivity contribution in [2.75, 3.05) is 0 Å². The second-order valence-electron chi connectivity index (χ2n) is 10.6. The first kappa shape index (κ1) is 16.2. The Kier molecular flexibility index (Phi) is 3.09. The predicted octanol–water partition coefficient (Wildman–Crippen LogP) is 4.90. The van der Waals surface area contributed by atoms with Gasteiger partial charge in [-0.15, -0.1) is 0 Å². The largest absolute Gasteiger partial charge is 0.472 e. The number of aliphatic hydroxyl groups is 1. The third-order valence-electron chi connectivity index (χ3n) is 9.97. The summed E-state index contributed by atoms with van der Waals surface area (Å²) in [7, 11) is 0. The summed E-state index contributed by atoms with van der Waals surface area (Å²) in [5, 5.41) is 10.9. The molecule has 1 aromatic rings. The minimum absolute atomic E-state index is 0.0569. The quantitative estimate of drug-likeness (QED) is 0.728. The van der Waals surface area contributed by atoms with E-state index in [9.17, 15) is 5.11 Å². The van der Waals surface area contributed by atoms with Gasteiger partial charge in [0.2, 0.25) is 0 Å². The lowest BCUT2D eigenvalue weighted by atomic mass is 9.42. The van der Waals surface area contributed by atoms with E-state index < -0.39 is 0 Å². The molecule has 4 saturated carbocycles. The third-order valence-corrected chi connectivity index (χ3v) is 9.97. The highest BCUT2D eigenvalue weighted by Gasteiger charge is 2.81. The van der Waals surface area contributed by atoms with Gasteiger partial charge in [-0.05, 0) is 66.9 Å². The predicted molar refractivity (Wildman–Crippen MR) is 98.7 cm³/mol. The number of hydrogen-bond acceptors (Lipinski definition) is 3. The second-order valence-corrected chi connectivity index (χ2v) is 10.6. The molecule has 3 heteroatoms. The maximum absolute atomic E-state index is 10.9. The van der Waals surface area contributed by atoms with Gasteiger partial charge in [0.25, 0.3) is 0 Å². The van der Waals surface area contributed by atoms with Crippen LogP contribution in [0.3, 0.4) is 0 Å². The average Bonchev–Trinajstić information content (AvgIpc) is 3.01. The van der Waals surface area contributed by atoms with Crippen molar-refractivity contribution in [1.82, 2.24) is 0 Å². The Balaban J connectivity index is 1.50. The van der Waals surface area contributed by atoms with Crippen molar-refractivity contribution < 1.29 is 14.3 Å². The topological polar surface area (TPSA) is 45.9 Å². The van der Waals surface area contributed by atoms with Gasteiger partial charge in [0.1, 0.15) is 5.60 Å². The summed E-state index contributed by atoms with van der Waals surface area (Å²) in [4.78, 5) is 0. The molecule has 1 saturated heterocycles. The molecule has 1 N–H and O–H groups in total. The zero-order valence-corrected chi connectivity index (χ0v) is 16.1. The molecular formula is C23H32O3. The summed E-state index contributed by atoms with van der Waals surface area (Å²) in [6, 6.07) is 2.19. The first-order valence-corrected chi connectivity index (χ1v) is 10.9. The number of fused-ring (bicyclic) bond motifs is 3. The lowest BCUT2D eigenvalue weighted by molar-refractivity contribution is -0.156. The highest BCUT2D eigenvalue weighted by atomic mass is 16.6. The van der Waals surface area contributed by atoms with Gasteiger partial charge in [0.05, 0.1) is 24.7 Å². The number of hydrogen-bond donors (Lipinski definition) is 1. The lowest BCUT2D eigenvalue weighted by Crippen LogP contribution is -2.60. The molecule has 1 aliphatic heterocycles. The zero-order chi connectivity index (χ0) is 17.7. The Bertz CT molecular complexity index is 713. The van der Waals surface area contributed by atoms with Gasteiger partial charge in [0, 0.05) is 17.8 Å². The van der Waals surface area contributed by atoms with Crippen LogP contribution in [0.25, 0.3) is 0 Å². The molecule has 26 heavy (non-hydrogen) atoms. The SMILES string of the molecule is C[C@]12CCCC[C@H]1C[C@H](c1ccoc1)[C@@H]1[C@@H]2CC[C@]2(C)[C@H](O)C[C@H]3O[C@]132. The third kappa shape index (κ3) is 1.69. The fourth-order valence-corrected chi connectivity index (χ4v) is 8.53. The van der Waals surface area contributed by atoms with Crippen molar-refractivity contribution in [2.24, 2.45) is 28.6 Å². The van der Waals surface area contributed by atoms with Crippen LogP contribution in [0.4, 0.5) is 0 Å². The monoisotopic (exact) mass is 356 g/mol. The van der Waals surface area contributed by atoms with Crippen LogP contribution in [0.2, 0.25) is 0 Å². The molecular weight excluding hydrogens is 324 g/mol. The Morgan fingerprint density at radius 2 is 2.00 bits per heavy atom. The van der Waals surface area contributed by atoms with E-state index >= 15 is 0 Å². The maximum Gasteiger partial charge on any atom is 0.106 e. The fraction of sp³-hybridized carbons (Fsp3) is 0.826. The van der Waals surface area contributed by atoms with E-state index in [0.717, 1.165) is 24.7 Å². The van der Waals surface area contributed by atoms with Crippen molar-refractivity contribution in [1.29, 1.82) is 0 Å². The summed E-state index contributed by atoms with van der Waals surface area (Å²) in [6.07, 6.45) is 14.0. The molecule has 0 aromatic carbocycles. The van der Waals surface area contributed by atoms with Crippen molar-refractivity contribution in [3.8, 4) is 0 Å². The number of aliphatic hydroxyl groups excluding tert-OH is 1. The highest BCUT2D eigenvalue weighted by molar-refractivity contribution is 5.33. The summed E-state index contributed by atoms with van der Waals surface area (Å²) in [5.74, 6) is 2.64. The minimum atomic E-state index is -0.191. The Labute approximate surface area is 156 Å². The van der Waals surface area contributed by atoms with Gasteiger partial charge in [-0.1, -0.05) is 26.7 Å². The van der Waals surface area contributed by atoms with Gasteiger partial charge in [-0.3, -0.25) is 0 Å². The van der Waals surface area contributed by atoms with Gasteiger partial charge < -0.3 is 14.3 Å². The van der Waals surface area contributed by atoms with E-state index in [4.69, 9.17) is 9.15 Å². The van der Waals surface area contributed by atoms with E-state index in [2.05, 4.69) is 19.9 Å². The molecule has 5 aliphatic rings. The Morgan fingerprint density at radius 1 is 1.12 bits per heavy atom. The lowest BCUT2D eigenvalue weighted by Gasteiger charge is -2.62. The first-order chi connectivity index (χ1) is 12.5. The molecule has 2 heterocycles. The summed E-state index contributed by atoms with van der Waals surface area (Å²) in [6.45, 7) is 4.92. The van der Waals surface area contributed by atoms with Crippen LogP contribution in [0.1, 0.15) is 76.7 Å². The minimum Gasteiger partial charge on any atom is -0.472 e. The number of ether oxygens (including phenoxy) is 1. The van der Waals surface area contributed by atoms with Gasteiger partial charge in [-0.25, -0.2) is 0 Å². The normalized spacial score (nSPS) is 57.7. The van der Waals surface area contributed by atoms with Crippen LogP contribution >= 0.6 is 0 Å². The average molecular weight is 357 g/mol. The first-order valence-electron chi connectivity index (χ1n) is 10.9. The molecule has 0 radical (unpaired) electrons. The van der Waals surface area contributed by atoms with Crippen LogP contribution in [0, 0.1) is 28.6 Å². The van der Waals surface area contributed by atoms with E-state index in [1.165, 1.54) is 44.1 Å². The highest BCUT2D eigenvalue weighted by Crippen LogP contribution is 2.76. The molecule has 1 aromatic heterocycles. The van der Waals surface area contributed by atoms with Crippen LogP contribution in [0.5, 0.6) is 0 Å². The van der Waals surface area contributed by atoms with Crippen LogP contribution in [-0.2, 0) is 4.74 Å². The fourth-order valence-electron chi connectivity index (χ4n) is 8.53. The van der Waals surface area contributed by atoms with Gasteiger partial charge in [-0.2, -0.15) is 0 Å². The van der Waals surface area contributed by atoms with E-state index in [1.54, 1.807) is 0 Å². The zero-order valence-electron chi connectivity index (χ0n) is 16.1. The van der Waals surface area contributed by atoms with Gasteiger partial charge >= 0.3 is 0 Å². The molecule has 1 spiro atoms. The molecule has 142 valence electrons. The van der Waals surface area contributed by atoms with Crippen molar-refractivity contribution in [2.45, 2.75) is 88.9 Å². The van der Waals surface area contributed by atoms with Crippen molar-refractivity contribution in [3.63, 3.8) is 0 Å². The van der Waals surface area contributed by atoms with E-state index in [0.29, 0.717) is 17.3 Å².